The van der Waals surface area contributed by atoms with Gasteiger partial charge in [-0.25, -0.2) is 0 Å². The Kier molecular flexibility index (Phi) is 2.99. The summed E-state index contributed by atoms with van der Waals surface area (Å²) in [6, 6.07) is 3.56. The van der Waals surface area contributed by atoms with Gasteiger partial charge >= 0.3 is 0 Å². The SMILES string of the molecule is C[C@H]1CC[C@H]2[C@H](C)CC[C@@H](c3ccoc3)N2C1. The second kappa shape index (κ2) is 4.49. The fraction of sp³-hybridized carbons (Fsp3) is 0.733. The third-order valence-electron chi connectivity index (χ3n) is 4.78. The Morgan fingerprint density at radius 2 is 2.06 bits per heavy atom. The standard InChI is InChI=1S/C15H23NO/c1-11-3-5-14-12(2)4-6-15(16(14)9-11)13-7-8-17-10-13/h7-8,10-12,14-15H,3-6,9H2,1-2H3/t11-,12+,14-,15-/m0/s1. The molecule has 0 radical (unpaired) electrons. The van der Waals surface area contributed by atoms with Crippen LogP contribution in [0.3, 0.4) is 0 Å². The van der Waals surface area contributed by atoms with Crippen LogP contribution in [0.4, 0.5) is 0 Å². The van der Waals surface area contributed by atoms with Crippen molar-refractivity contribution >= 4 is 0 Å². The Bertz CT molecular complexity index is 359. The monoisotopic (exact) mass is 233 g/mol. The van der Waals surface area contributed by atoms with Crippen LogP contribution in [0.5, 0.6) is 0 Å². The lowest BCUT2D eigenvalue weighted by molar-refractivity contribution is -0.00172. The van der Waals surface area contributed by atoms with Crippen LogP contribution in [0.2, 0.25) is 0 Å². The van der Waals surface area contributed by atoms with E-state index < -0.39 is 0 Å². The van der Waals surface area contributed by atoms with Gasteiger partial charge in [0.15, 0.2) is 0 Å². The molecule has 4 atom stereocenters. The molecule has 0 saturated carbocycles. The van der Waals surface area contributed by atoms with Crippen LogP contribution in [0, 0.1) is 11.8 Å². The van der Waals surface area contributed by atoms with Crippen LogP contribution in [0.15, 0.2) is 23.0 Å². The number of nitrogens with zero attached hydrogens (tertiary/aromatic N) is 1. The molecular weight excluding hydrogens is 210 g/mol. The van der Waals surface area contributed by atoms with Crippen LogP contribution in [0.25, 0.3) is 0 Å². The molecule has 0 amide bonds. The molecule has 0 aromatic carbocycles. The molecule has 2 heteroatoms. The molecule has 0 N–H and O–H groups in total. The summed E-state index contributed by atoms with van der Waals surface area (Å²) in [4.78, 5) is 2.76. The lowest BCUT2D eigenvalue weighted by atomic mass is 9.78. The zero-order chi connectivity index (χ0) is 11.8. The predicted octanol–water partition coefficient (Wildman–Crippen LogP) is 3.85. The number of hydrogen-bond acceptors (Lipinski definition) is 2. The Balaban J connectivity index is 1.84. The molecule has 17 heavy (non-hydrogen) atoms. The first-order valence-corrected chi connectivity index (χ1v) is 7.03. The predicted molar refractivity (Wildman–Crippen MR) is 68.7 cm³/mol. The second-order valence-corrected chi connectivity index (χ2v) is 6.07. The van der Waals surface area contributed by atoms with Gasteiger partial charge < -0.3 is 4.42 Å². The van der Waals surface area contributed by atoms with Crippen molar-refractivity contribution in [2.75, 3.05) is 6.54 Å². The van der Waals surface area contributed by atoms with E-state index in [1.165, 1.54) is 37.8 Å². The molecule has 3 heterocycles. The highest BCUT2D eigenvalue weighted by atomic mass is 16.3. The largest absolute Gasteiger partial charge is 0.472 e. The van der Waals surface area contributed by atoms with Crippen molar-refractivity contribution < 1.29 is 4.42 Å². The maximum atomic E-state index is 5.27. The van der Waals surface area contributed by atoms with Crippen LogP contribution in [-0.2, 0) is 0 Å². The van der Waals surface area contributed by atoms with Gasteiger partial charge in [0.1, 0.15) is 0 Å². The normalized spacial score (nSPS) is 38.9. The Hall–Kier alpha value is -0.760. The average molecular weight is 233 g/mol. The molecule has 2 fully saturated rings. The van der Waals surface area contributed by atoms with E-state index in [0.717, 1.165) is 17.9 Å². The highest BCUT2D eigenvalue weighted by Gasteiger charge is 2.38. The fourth-order valence-electron chi connectivity index (χ4n) is 3.78. The summed E-state index contributed by atoms with van der Waals surface area (Å²) in [7, 11) is 0. The Morgan fingerprint density at radius 1 is 1.18 bits per heavy atom. The van der Waals surface area contributed by atoms with Crippen LogP contribution in [-0.4, -0.2) is 17.5 Å². The summed E-state index contributed by atoms with van der Waals surface area (Å²) in [5.74, 6) is 1.72. The topological polar surface area (TPSA) is 16.4 Å². The second-order valence-electron chi connectivity index (χ2n) is 6.07. The average Bonchev–Trinajstić information content (AvgIpc) is 2.83. The van der Waals surface area contributed by atoms with Gasteiger partial charge in [0.2, 0.25) is 0 Å². The first-order chi connectivity index (χ1) is 8.25. The summed E-state index contributed by atoms with van der Waals surface area (Å²) in [5, 5.41) is 0. The van der Waals surface area contributed by atoms with Crippen molar-refractivity contribution in [1.82, 2.24) is 4.90 Å². The van der Waals surface area contributed by atoms with Gasteiger partial charge in [0, 0.05) is 24.2 Å². The maximum Gasteiger partial charge on any atom is 0.0950 e. The van der Waals surface area contributed by atoms with Crippen molar-refractivity contribution in [3.63, 3.8) is 0 Å². The van der Waals surface area contributed by atoms with E-state index in [-0.39, 0.29) is 0 Å². The number of piperidine rings is 2. The van der Waals surface area contributed by atoms with Gasteiger partial charge in [-0.05, 0) is 43.6 Å². The summed E-state index contributed by atoms with van der Waals surface area (Å²) in [6.07, 6.45) is 9.21. The highest BCUT2D eigenvalue weighted by molar-refractivity contribution is 5.14. The van der Waals surface area contributed by atoms with E-state index in [4.69, 9.17) is 4.42 Å². The fourth-order valence-corrected chi connectivity index (χ4v) is 3.78. The number of fused-ring (bicyclic) bond motifs is 1. The lowest BCUT2D eigenvalue weighted by Crippen LogP contribution is -2.50. The zero-order valence-electron chi connectivity index (χ0n) is 10.9. The van der Waals surface area contributed by atoms with Gasteiger partial charge in [0.25, 0.3) is 0 Å². The molecule has 94 valence electrons. The van der Waals surface area contributed by atoms with Gasteiger partial charge in [-0.1, -0.05) is 13.8 Å². The van der Waals surface area contributed by atoms with Crippen molar-refractivity contribution in [2.45, 2.75) is 51.6 Å². The van der Waals surface area contributed by atoms with E-state index in [9.17, 15) is 0 Å². The van der Waals surface area contributed by atoms with E-state index in [2.05, 4.69) is 24.8 Å². The maximum absolute atomic E-state index is 5.27. The smallest absolute Gasteiger partial charge is 0.0950 e. The van der Waals surface area contributed by atoms with Crippen molar-refractivity contribution in [1.29, 1.82) is 0 Å². The number of furan rings is 1. The molecule has 1 aromatic heterocycles. The van der Waals surface area contributed by atoms with Crippen molar-refractivity contribution in [3.05, 3.63) is 24.2 Å². The van der Waals surface area contributed by atoms with Crippen molar-refractivity contribution in [3.8, 4) is 0 Å². The van der Waals surface area contributed by atoms with Gasteiger partial charge in [-0.3, -0.25) is 4.90 Å². The molecule has 0 spiro atoms. The molecule has 3 rings (SSSR count). The molecule has 0 aliphatic carbocycles. The summed E-state index contributed by atoms with van der Waals surface area (Å²) >= 11 is 0. The van der Waals surface area contributed by atoms with E-state index >= 15 is 0 Å². The third-order valence-corrected chi connectivity index (χ3v) is 4.78. The molecular formula is C15H23NO. The molecule has 0 unspecified atom stereocenters. The summed E-state index contributed by atoms with van der Waals surface area (Å²) in [5.41, 5.74) is 1.39. The number of hydrogen-bond donors (Lipinski definition) is 0. The van der Waals surface area contributed by atoms with Crippen LogP contribution < -0.4 is 0 Å². The highest BCUT2D eigenvalue weighted by Crippen LogP contribution is 2.42. The Labute approximate surface area is 104 Å². The van der Waals surface area contributed by atoms with Crippen LogP contribution >= 0.6 is 0 Å². The molecule has 2 aliphatic heterocycles. The number of rotatable bonds is 1. The first-order valence-electron chi connectivity index (χ1n) is 7.03. The van der Waals surface area contributed by atoms with Crippen molar-refractivity contribution in [2.24, 2.45) is 11.8 Å². The van der Waals surface area contributed by atoms with E-state index in [1.807, 2.05) is 12.5 Å². The van der Waals surface area contributed by atoms with Gasteiger partial charge in [0.05, 0.1) is 12.5 Å². The molecule has 0 bridgehead atoms. The summed E-state index contributed by atoms with van der Waals surface area (Å²) in [6.45, 7) is 6.09. The lowest BCUT2D eigenvalue weighted by Gasteiger charge is -2.49. The van der Waals surface area contributed by atoms with Crippen LogP contribution in [0.1, 0.15) is 51.1 Å². The van der Waals surface area contributed by atoms with E-state index in [0.29, 0.717) is 6.04 Å². The summed E-state index contributed by atoms with van der Waals surface area (Å²) < 4.78 is 5.27. The first kappa shape index (κ1) is 11.3. The minimum atomic E-state index is 0.609. The third kappa shape index (κ3) is 2.03. The molecule has 2 nitrogen and oxygen atoms in total. The van der Waals surface area contributed by atoms with Gasteiger partial charge in [-0.2, -0.15) is 0 Å². The quantitative estimate of drug-likeness (QED) is 0.732. The molecule has 1 aromatic rings. The molecule has 2 aliphatic rings. The minimum absolute atomic E-state index is 0.609. The zero-order valence-corrected chi connectivity index (χ0v) is 10.9. The van der Waals surface area contributed by atoms with Gasteiger partial charge in [-0.15, -0.1) is 0 Å². The van der Waals surface area contributed by atoms with E-state index in [1.54, 1.807) is 0 Å². The minimum Gasteiger partial charge on any atom is -0.472 e. The Morgan fingerprint density at radius 3 is 2.82 bits per heavy atom. The molecule has 2 saturated heterocycles.